The molecule has 0 aliphatic heterocycles. The van der Waals surface area contributed by atoms with Gasteiger partial charge in [0.1, 0.15) is 33.3 Å². The fourth-order valence-electron chi connectivity index (χ4n) is 1.08. The second-order valence-electron chi connectivity index (χ2n) is 6.37. The Morgan fingerprint density at radius 1 is 0.700 bits per heavy atom. The van der Waals surface area contributed by atoms with Gasteiger partial charge in [0.05, 0.1) is 9.49 Å². The summed E-state index contributed by atoms with van der Waals surface area (Å²) in [6.45, 7) is 10.4. The number of anilines is 2. The number of hydrogen-bond acceptors (Lipinski definition) is 4. The molecule has 6 nitrogen and oxygen atoms in total. The van der Waals surface area contributed by atoms with Crippen LogP contribution in [0.1, 0.15) is 41.5 Å². The lowest BCUT2D eigenvalue weighted by atomic mass is 10.2. The molecule has 1 aromatic carbocycles. The minimum Gasteiger partial charge on any atom is -0.299 e. The Labute approximate surface area is 123 Å². The van der Waals surface area contributed by atoms with Crippen molar-refractivity contribution in [3.05, 3.63) is 20.4 Å². The first-order valence-electron chi connectivity index (χ1n) is 6.06. The molecule has 114 valence electrons. The summed E-state index contributed by atoms with van der Waals surface area (Å²) in [4.78, 5) is 23.0. The van der Waals surface area contributed by atoms with Crippen LogP contribution in [0.4, 0.5) is 11.4 Å². The Balaban J connectivity index is 3.00. The Bertz CT molecular complexity index is 575. The lowest BCUT2D eigenvalue weighted by molar-refractivity contribution is 0.652. The standard InChI is InChI=1S/C12H20N2O4S2/c1-11(2,3)19(17)13-7-8(10(16)9(7)15)14-20(18)12(4,5)6/h13-14H,1-6H3/t19-,20-/m1/s1. The van der Waals surface area contributed by atoms with E-state index in [1.54, 1.807) is 41.5 Å². The van der Waals surface area contributed by atoms with Gasteiger partial charge in [0.15, 0.2) is 0 Å². The highest BCUT2D eigenvalue weighted by molar-refractivity contribution is 7.88. The van der Waals surface area contributed by atoms with E-state index in [1.165, 1.54) is 0 Å². The molecule has 2 atom stereocenters. The Morgan fingerprint density at radius 3 is 1.15 bits per heavy atom. The molecule has 0 saturated heterocycles. The van der Waals surface area contributed by atoms with Gasteiger partial charge in [-0.05, 0) is 41.5 Å². The Kier molecular flexibility index (Phi) is 4.60. The lowest BCUT2D eigenvalue weighted by Crippen LogP contribution is -2.42. The monoisotopic (exact) mass is 320 g/mol. The first-order valence-corrected chi connectivity index (χ1v) is 8.36. The zero-order valence-corrected chi connectivity index (χ0v) is 14.1. The van der Waals surface area contributed by atoms with Crippen molar-refractivity contribution in [3.8, 4) is 0 Å². The maximum atomic E-state index is 11.9. The molecule has 0 amide bonds. The minimum atomic E-state index is -1.53. The van der Waals surface area contributed by atoms with Gasteiger partial charge >= 0.3 is 0 Å². The van der Waals surface area contributed by atoms with E-state index in [2.05, 4.69) is 9.44 Å². The van der Waals surface area contributed by atoms with Gasteiger partial charge in [-0.25, -0.2) is 8.42 Å². The van der Waals surface area contributed by atoms with Crippen molar-refractivity contribution in [3.63, 3.8) is 0 Å². The number of hydrogen-bond donors (Lipinski definition) is 2. The molecule has 1 rings (SSSR count). The molecule has 0 aliphatic rings. The van der Waals surface area contributed by atoms with Crippen LogP contribution in [0.2, 0.25) is 0 Å². The number of rotatable bonds is 4. The van der Waals surface area contributed by atoms with Gasteiger partial charge in [0, 0.05) is 0 Å². The van der Waals surface area contributed by atoms with Gasteiger partial charge in [-0.2, -0.15) is 0 Å². The SMILES string of the molecule is CC(C)(C)[S@@](=O)Nc1c(N[S@](=O)C(C)(C)C)c(=O)c1=O. The van der Waals surface area contributed by atoms with Crippen LogP contribution in [0.15, 0.2) is 9.59 Å². The average molecular weight is 320 g/mol. The Hall–Kier alpha value is -1.02. The van der Waals surface area contributed by atoms with Crippen LogP contribution >= 0.6 is 0 Å². The summed E-state index contributed by atoms with van der Waals surface area (Å²) in [5, 5.41) is 0. The van der Waals surface area contributed by atoms with Crippen molar-refractivity contribution in [2.24, 2.45) is 0 Å². The maximum Gasteiger partial charge on any atom is 0.254 e. The molecule has 0 unspecified atom stereocenters. The van der Waals surface area contributed by atoms with E-state index in [4.69, 9.17) is 0 Å². The Morgan fingerprint density at radius 2 is 0.950 bits per heavy atom. The molecule has 2 N–H and O–H groups in total. The summed E-state index contributed by atoms with van der Waals surface area (Å²) in [7, 11) is -3.06. The number of nitrogens with one attached hydrogen (secondary N) is 2. The summed E-state index contributed by atoms with van der Waals surface area (Å²) >= 11 is 0. The minimum absolute atomic E-state index is 0.0548. The predicted octanol–water partition coefficient (Wildman–Crippen LogP) is 1.03. The first-order chi connectivity index (χ1) is 8.85. The normalized spacial score (nSPS) is 15.9. The molecule has 1 aromatic rings. The van der Waals surface area contributed by atoms with Crippen LogP contribution in [0, 0.1) is 0 Å². The molecule has 0 saturated carbocycles. The van der Waals surface area contributed by atoms with Gasteiger partial charge in [-0.1, -0.05) is 0 Å². The average Bonchev–Trinajstić information content (AvgIpc) is 2.29. The van der Waals surface area contributed by atoms with Gasteiger partial charge in [0.2, 0.25) is 0 Å². The third-order valence-electron chi connectivity index (χ3n) is 2.41. The molecule has 0 spiro atoms. The van der Waals surface area contributed by atoms with Gasteiger partial charge in [-0.3, -0.25) is 19.0 Å². The van der Waals surface area contributed by atoms with E-state index in [0.717, 1.165) is 0 Å². The van der Waals surface area contributed by atoms with Gasteiger partial charge in [-0.15, -0.1) is 0 Å². The van der Waals surface area contributed by atoms with E-state index in [9.17, 15) is 18.0 Å². The van der Waals surface area contributed by atoms with E-state index < -0.39 is 42.3 Å². The molecule has 0 bridgehead atoms. The van der Waals surface area contributed by atoms with Crippen molar-refractivity contribution in [1.82, 2.24) is 0 Å². The van der Waals surface area contributed by atoms with E-state index in [-0.39, 0.29) is 11.4 Å². The first kappa shape index (κ1) is 17.0. The highest BCUT2D eigenvalue weighted by Crippen LogP contribution is 2.22. The highest BCUT2D eigenvalue weighted by Gasteiger charge is 2.29. The molecule has 0 heterocycles. The van der Waals surface area contributed by atoms with Crippen molar-refractivity contribution in [1.29, 1.82) is 0 Å². The van der Waals surface area contributed by atoms with E-state index in [0.29, 0.717) is 0 Å². The van der Waals surface area contributed by atoms with Crippen LogP contribution in [0.25, 0.3) is 0 Å². The van der Waals surface area contributed by atoms with Gasteiger partial charge < -0.3 is 0 Å². The second kappa shape index (κ2) is 5.40. The van der Waals surface area contributed by atoms with Crippen LogP contribution in [0.5, 0.6) is 0 Å². The molecule has 0 aliphatic carbocycles. The summed E-state index contributed by atoms with van der Waals surface area (Å²) in [6, 6.07) is 0. The van der Waals surface area contributed by atoms with Crippen molar-refractivity contribution >= 4 is 33.3 Å². The van der Waals surface area contributed by atoms with Crippen LogP contribution in [-0.2, 0) is 22.0 Å². The molecule has 0 aromatic heterocycles. The second-order valence-corrected chi connectivity index (χ2v) is 10.3. The topological polar surface area (TPSA) is 92.3 Å². The highest BCUT2D eigenvalue weighted by atomic mass is 32.2. The molecule has 8 heteroatoms. The zero-order valence-electron chi connectivity index (χ0n) is 12.4. The third-order valence-corrected chi connectivity index (χ3v) is 5.42. The van der Waals surface area contributed by atoms with Crippen LogP contribution < -0.4 is 20.3 Å². The lowest BCUT2D eigenvalue weighted by Gasteiger charge is -2.23. The largest absolute Gasteiger partial charge is 0.299 e. The fourth-order valence-corrected chi connectivity index (χ4v) is 2.45. The van der Waals surface area contributed by atoms with Crippen LogP contribution in [0.3, 0.4) is 0 Å². The molecular weight excluding hydrogens is 300 g/mol. The summed E-state index contributed by atoms with van der Waals surface area (Å²) in [5.74, 6) is 0. The molecule has 20 heavy (non-hydrogen) atoms. The smallest absolute Gasteiger partial charge is 0.254 e. The van der Waals surface area contributed by atoms with Gasteiger partial charge in [0.25, 0.3) is 10.9 Å². The third kappa shape index (κ3) is 3.54. The molecule has 0 fully saturated rings. The summed E-state index contributed by atoms with van der Waals surface area (Å²) < 4.78 is 27.8. The fraction of sp³-hybridized carbons (Fsp3) is 0.667. The van der Waals surface area contributed by atoms with Crippen molar-refractivity contribution in [2.45, 2.75) is 51.0 Å². The van der Waals surface area contributed by atoms with Crippen molar-refractivity contribution in [2.75, 3.05) is 9.44 Å². The van der Waals surface area contributed by atoms with E-state index >= 15 is 0 Å². The predicted molar refractivity (Wildman–Crippen MR) is 84.4 cm³/mol. The quantitative estimate of drug-likeness (QED) is 0.811. The van der Waals surface area contributed by atoms with E-state index in [1.807, 2.05) is 0 Å². The zero-order chi connectivity index (χ0) is 15.9. The molecule has 0 radical (unpaired) electrons. The molecular formula is C12H20N2O4S2. The summed E-state index contributed by atoms with van der Waals surface area (Å²) in [6.07, 6.45) is 0. The van der Waals surface area contributed by atoms with Crippen LogP contribution in [-0.4, -0.2) is 17.9 Å². The summed E-state index contributed by atoms with van der Waals surface area (Å²) in [5.41, 5.74) is -1.59. The maximum absolute atomic E-state index is 11.9. The van der Waals surface area contributed by atoms with Crippen molar-refractivity contribution < 1.29 is 8.42 Å².